The second-order valence-corrected chi connectivity index (χ2v) is 7.32. The van der Waals surface area contributed by atoms with Crippen molar-refractivity contribution < 1.29 is 13.5 Å². The van der Waals surface area contributed by atoms with Crippen LogP contribution in [0, 0.1) is 11.6 Å². The highest BCUT2D eigenvalue weighted by Crippen LogP contribution is 2.25. The van der Waals surface area contributed by atoms with Crippen LogP contribution in [-0.4, -0.2) is 22.6 Å². The van der Waals surface area contributed by atoms with Crippen molar-refractivity contribution in [1.29, 1.82) is 0 Å². The van der Waals surface area contributed by atoms with Crippen molar-refractivity contribution in [2.75, 3.05) is 17.7 Å². The molecule has 8 heteroatoms. The quantitative estimate of drug-likeness (QED) is 0.458. The molecule has 0 amide bonds. The number of hydrogen-bond donors (Lipinski definition) is 1. The number of anilines is 1. The van der Waals surface area contributed by atoms with Gasteiger partial charge in [0.05, 0.1) is 6.61 Å². The van der Waals surface area contributed by atoms with Gasteiger partial charge in [-0.25, -0.2) is 8.78 Å². The number of thioether (sulfide) groups is 1. The normalized spacial score (nSPS) is 10.6. The zero-order chi connectivity index (χ0) is 17.5. The van der Waals surface area contributed by atoms with Gasteiger partial charge in [-0.15, -0.1) is 10.2 Å². The van der Waals surface area contributed by atoms with Crippen LogP contribution in [0.15, 0.2) is 52.9 Å². The Morgan fingerprint density at radius 2 is 1.64 bits per heavy atom. The van der Waals surface area contributed by atoms with Gasteiger partial charge in [0.1, 0.15) is 17.4 Å². The van der Waals surface area contributed by atoms with E-state index in [0.29, 0.717) is 29.8 Å². The summed E-state index contributed by atoms with van der Waals surface area (Å²) >= 11 is 3.00. The highest BCUT2D eigenvalue weighted by atomic mass is 32.2. The van der Waals surface area contributed by atoms with Crippen LogP contribution in [0.4, 0.5) is 13.9 Å². The number of nitrogens with zero attached hydrogens (tertiary/aromatic N) is 2. The molecule has 0 atom stereocenters. The minimum absolute atomic E-state index is 0.249. The Kier molecular flexibility index (Phi) is 6.19. The molecule has 3 rings (SSSR count). The van der Waals surface area contributed by atoms with Crippen molar-refractivity contribution in [1.82, 2.24) is 10.2 Å². The Bertz CT molecular complexity index is 794. The molecule has 0 saturated carbocycles. The molecule has 0 fully saturated rings. The number of hydrogen-bond acceptors (Lipinski definition) is 6. The molecule has 0 unspecified atom stereocenters. The minimum Gasteiger partial charge on any atom is -0.493 e. The fourth-order valence-electron chi connectivity index (χ4n) is 1.94. The standard InChI is InChI=1S/C17H15F2N3OS2/c18-13-3-1-12(2-4-13)11-20-16-21-22-17(25-16)24-10-9-23-15-7-5-14(19)6-8-15/h1-8H,9-11H2,(H,20,21). The van der Waals surface area contributed by atoms with Crippen LogP contribution < -0.4 is 10.1 Å². The summed E-state index contributed by atoms with van der Waals surface area (Å²) in [5.74, 6) is 0.822. The second kappa shape index (κ2) is 8.77. The number of benzene rings is 2. The van der Waals surface area contributed by atoms with Gasteiger partial charge in [-0.05, 0) is 42.0 Å². The maximum absolute atomic E-state index is 12.9. The van der Waals surface area contributed by atoms with Gasteiger partial charge in [0.25, 0.3) is 0 Å². The maximum Gasteiger partial charge on any atom is 0.206 e. The summed E-state index contributed by atoms with van der Waals surface area (Å²) in [6.07, 6.45) is 0. The third kappa shape index (κ3) is 5.68. The molecule has 0 aliphatic carbocycles. The Morgan fingerprint density at radius 1 is 0.960 bits per heavy atom. The molecule has 0 aliphatic heterocycles. The molecule has 1 heterocycles. The third-order valence-corrected chi connectivity index (χ3v) is 5.13. The molecule has 0 bridgehead atoms. The Balaban J connectivity index is 1.39. The molecule has 0 aliphatic rings. The van der Waals surface area contributed by atoms with Crippen molar-refractivity contribution in [2.24, 2.45) is 0 Å². The van der Waals surface area contributed by atoms with Gasteiger partial charge in [-0.2, -0.15) is 0 Å². The number of ether oxygens (including phenoxy) is 1. The van der Waals surface area contributed by atoms with Gasteiger partial charge < -0.3 is 10.1 Å². The van der Waals surface area contributed by atoms with Crippen molar-refractivity contribution in [3.05, 3.63) is 65.7 Å². The fourth-order valence-corrected chi connectivity index (χ4v) is 3.57. The molecule has 130 valence electrons. The third-order valence-electron chi connectivity index (χ3n) is 3.15. The van der Waals surface area contributed by atoms with Gasteiger partial charge in [0.2, 0.25) is 5.13 Å². The first-order chi connectivity index (χ1) is 12.2. The summed E-state index contributed by atoms with van der Waals surface area (Å²) in [5, 5.41) is 12.1. The Morgan fingerprint density at radius 3 is 2.36 bits per heavy atom. The van der Waals surface area contributed by atoms with Crippen LogP contribution in [0.1, 0.15) is 5.56 Å². The lowest BCUT2D eigenvalue weighted by Gasteiger charge is -2.04. The van der Waals surface area contributed by atoms with Gasteiger partial charge in [-0.1, -0.05) is 35.2 Å². The van der Waals surface area contributed by atoms with E-state index < -0.39 is 0 Å². The summed E-state index contributed by atoms with van der Waals surface area (Å²) in [6, 6.07) is 12.3. The molecule has 1 aromatic heterocycles. The van der Waals surface area contributed by atoms with Gasteiger partial charge in [-0.3, -0.25) is 0 Å². The zero-order valence-corrected chi connectivity index (χ0v) is 14.7. The summed E-state index contributed by atoms with van der Waals surface area (Å²) in [7, 11) is 0. The molecular formula is C17H15F2N3OS2. The van der Waals surface area contributed by atoms with Gasteiger partial charge in [0, 0.05) is 12.3 Å². The van der Waals surface area contributed by atoms with E-state index in [-0.39, 0.29) is 11.6 Å². The molecule has 3 aromatic rings. The number of nitrogens with one attached hydrogen (secondary N) is 1. The maximum atomic E-state index is 12.9. The topological polar surface area (TPSA) is 47.0 Å². The number of halogens is 2. The van der Waals surface area contributed by atoms with Gasteiger partial charge >= 0.3 is 0 Å². The monoisotopic (exact) mass is 379 g/mol. The van der Waals surface area contributed by atoms with Crippen molar-refractivity contribution >= 4 is 28.2 Å². The number of rotatable bonds is 8. The lowest BCUT2D eigenvalue weighted by molar-refractivity contribution is 0.343. The SMILES string of the molecule is Fc1ccc(CNc2nnc(SCCOc3ccc(F)cc3)s2)cc1. The molecule has 0 spiro atoms. The Hall–Kier alpha value is -2.19. The van der Waals surface area contributed by atoms with Crippen molar-refractivity contribution in [3.63, 3.8) is 0 Å². The summed E-state index contributed by atoms with van der Waals surface area (Å²) in [6.45, 7) is 1.06. The number of aromatic nitrogens is 2. The summed E-state index contributed by atoms with van der Waals surface area (Å²) < 4.78 is 32.0. The van der Waals surface area contributed by atoms with Crippen molar-refractivity contribution in [2.45, 2.75) is 10.9 Å². The molecule has 1 N–H and O–H groups in total. The van der Waals surface area contributed by atoms with E-state index in [1.807, 2.05) is 0 Å². The van der Waals surface area contributed by atoms with Crippen LogP contribution in [0.2, 0.25) is 0 Å². The van der Waals surface area contributed by atoms with Crippen LogP contribution in [-0.2, 0) is 6.54 Å². The van der Waals surface area contributed by atoms with E-state index in [0.717, 1.165) is 9.90 Å². The lowest BCUT2D eigenvalue weighted by atomic mass is 10.2. The zero-order valence-electron chi connectivity index (χ0n) is 13.1. The average Bonchev–Trinajstić information content (AvgIpc) is 3.08. The van der Waals surface area contributed by atoms with E-state index >= 15 is 0 Å². The summed E-state index contributed by atoms with van der Waals surface area (Å²) in [5.41, 5.74) is 0.971. The van der Waals surface area contributed by atoms with Crippen LogP contribution >= 0.6 is 23.1 Å². The molecule has 0 radical (unpaired) electrons. The van der Waals surface area contributed by atoms with E-state index in [2.05, 4.69) is 15.5 Å². The van der Waals surface area contributed by atoms with Crippen LogP contribution in [0.25, 0.3) is 0 Å². The lowest BCUT2D eigenvalue weighted by Crippen LogP contribution is -1.99. The Labute approximate surface area is 152 Å². The van der Waals surface area contributed by atoms with Gasteiger partial charge in [0.15, 0.2) is 4.34 Å². The first-order valence-corrected chi connectivity index (χ1v) is 9.32. The first-order valence-electron chi connectivity index (χ1n) is 7.52. The first kappa shape index (κ1) is 17.6. The predicted octanol–water partition coefficient (Wildman–Crippen LogP) is 4.60. The van der Waals surface area contributed by atoms with Crippen LogP contribution in [0.5, 0.6) is 5.75 Å². The largest absolute Gasteiger partial charge is 0.493 e. The molecule has 2 aromatic carbocycles. The minimum atomic E-state index is -0.281. The van der Waals surface area contributed by atoms with E-state index in [4.69, 9.17) is 4.74 Å². The highest BCUT2D eigenvalue weighted by Gasteiger charge is 2.05. The summed E-state index contributed by atoms with van der Waals surface area (Å²) in [4.78, 5) is 0. The molecule has 4 nitrogen and oxygen atoms in total. The average molecular weight is 379 g/mol. The van der Waals surface area contributed by atoms with E-state index in [9.17, 15) is 8.78 Å². The smallest absolute Gasteiger partial charge is 0.206 e. The van der Waals surface area contributed by atoms with E-state index in [1.165, 1.54) is 35.6 Å². The van der Waals surface area contributed by atoms with Crippen molar-refractivity contribution in [3.8, 4) is 5.75 Å². The van der Waals surface area contributed by atoms with E-state index in [1.54, 1.807) is 36.0 Å². The fraction of sp³-hybridized carbons (Fsp3) is 0.176. The highest BCUT2D eigenvalue weighted by molar-refractivity contribution is 8.01. The van der Waals surface area contributed by atoms with Crippen LogP contribution in [0.3, 0.4) is 0 Å². The predicted molar refractivity (Wildman–Crippen MR) is 96.3 cm³/mol. The molecule has 25 heavy (non-hydrogen) atoms. The molecule has 0 saturated heterocycles. The molecular weight excluding hydrogens is 364 g/mol. The second-order valence-electron chi connectivity index (χ2n) is 5.00.